The van der Waals surface area contributed by atoms with E-state index in [0.717, 1.165) is 31.4 Å². The van der Waals surface area contributed by atoms with E-state index >= 15 is 0 Å². The van der Waals surface area contributed by atoms with Crippen LogP contribution in [0.5, 0.6) is 0 Å². The first-order valence-electron chi connectivity index (χ1n) is 9.43. The largest absolute Gasteiger partial charge is 0.348 e. The molecule has 0 aromatic heterocycles. The number of hydrogen-bond donors (Lipinski definition) is 1. The van der Waals surface area contributed by atoms with Crippen molar-refractivity contribution in [1.82, 2.24) is 0 Å². The van der Waals surface area contributed by atoms with E-state index in [1.54, 1.807) is 0 Å². The summed E-state index contributed by atoms with van der Waals surface area (Å²) in [6.07, 6.45) is 3.08. The molecule has 0 atom stereocenters. The lowest BCUT2D eigenvalue weighted by atomic mass is 9.67. The second kappa shape index (κ2) is 5.66. The highest BCUT2D eigenvalue weighted by atomic mass is 16.7. The fraction of sp³-hybridized carbons (Fsp3) is 0.409. The minimum absolute atomic E-state index is 0.133. The molecule has 0 bridgehead atoms. The summed E-state index contributed by atoms with van der Waals surface area (Å²) >= 11 is 0. The third-order valence-electron chi connectivity index (χ3n) is 6.39. The standard InChI is InChI=1S/C22H23NO3/c1-15-17(16-5-3-2-4-6-16)7-8-18-19(15)21(20(24)23-18)9-11-22(12-10-21)25-13-14-26-22/h2-8H,9-14H2,1H3,(H,23,24). The molecule has 2 aliphatic heterocycles. The topological polar surface area (TPSA) is 47.6 Å². The lowest BCUT2D eigenvalue weighted by Gasteiger charge is -2.41. The van der Waals surface area contributed by atoms with E-state index in [1.165, 1.54) is 22.3 Å². The predicted octanol–water partition coefficient (Wildman–Crippen LogP) is 4.17. The van der Waals surface area contributed by atoms with Gasteiger partial charge in [0.25, 0.3) is 0 Å². The highest BCUT2D eigenvalue weighted by Gasteiger charge is 2.54. The molecule has 1 aliphatic carbocycles. The van der Waals surface area contributed by atoms with Crippen LogP contribution >= 0.6 is 0 Å². The second-order valence-electron chi connectivity index (χ2n) is 7.67. The number of nitrogens with one attached hydrogen (secondary N) is 1. The average molecular weight is 349 g/mol. The highest BCUT2D eigenvalue weighted by Crippen LogP contribution is 2.53. The molecule has 1 N–H and O–H groups in total. The molecule has 1 amide bonds. The van der Waals surface area contributed by atoms with Crippen LogP contribution in [-0.2, 0) is 19.7 Å². The average Bonchev–Trinajstić information content (AvgIpc) is 3.22. The smallest absolute Gasteiger partial charge is 0.235 e. The van der Waals surface area contributed by atoms with E-state index < -0.39 is 11.2 Å². The maximum Gasteiger partial charge on any atom is 0.235 e. The Morgan fingerprint density at radius 1 is 0.923 bits per heavy atom. The van der Waals surface area contributed by atoms with Gasteiger partial charge >= 0.3 is 0 Å². The van der Waals surface area contributed by atoms with E-state index in [2.05, 4.69) is 48.6 Å². The van der Waals surface area contributed by atoms with Gasteiger partial charge in [0, 0.05) is 18.5 Å². The maximum atomic E-state index is 13.0. The van der Waals surface area contributed by atoms with Crippen LogP contribution in [0.15, 0.2) is 42.5 Å². The van der Waals surface area contributed by atoms with Crippen molar-refractivity contribution in [1.29, 1.82) is 0 Å². The van der Waals surface area contributed by atoms with Crippen molar-refractivity contribution in [3.63, 3.8) is 0 Å². The molecule has 4 nitrogen and oxygen atoms in total. The molecule has 2 spiro atoms. The van der Waals surface area contributed by atoms with Gasteiger partial charge in [0.1, 0.15) is 0 Å². The van der Waals surface area contributed by atoms with E-state index in [4.69, 9.17) is 9.47 Å². The Balaban J connectivity index is 1.58. The fourth-order valence-corrected chi connectivity index (χ4v) is 5.04. The van der Waals surface area contributed by atoms with E-state index in [0.29, 0.717) is 13.2 Å². The first-order valence-corrected chi connectivity index (χ1v) is 9.43. The zero-order chi connectivity index (χ0) is 17.8. The van der Waals surface area contributed by atoms with Crippen molar-refractivity contribution in [2.24, 2.45) is 0 Å². The van der Waals surface area contributed by atoms with Gasteiger partial charge in [0.05, 0.1) is 18.6 Å². The fourth-order valence-electron chi connectivity index (χ4n) is 5.04. The summed E-state index contributed by atoms with van der Waals surface area (Å²) in [5, 5.41) is 3.14. The molecule has 26 heavy (non-hydrogen) atoms. The van der Waals surface area contributed by atoms with E-state index in [9.17, 15) is 4.79 Å². The van der Waals surface area contributed by atoms with Gasteiger partial charge in [-0.25, -0.2) is 0 Å². The van der Waals surface area contributed by atoms with Crippen molar-refractivity contribution in [2.45, 2.75) is 43.8 Å². The SMILES string of the molecule is Cc1c(-c2ccccc2)ccc2c1C1(CCC3(CC1)OCCO3)C(=O)N2. The minimum Gasteiger partial charge on any atom is -0.348 e. The summed E-state index contributed by atoms with van der Waals surface area (Å²) in [6.45, 7) is 3.47. The molecule has 1 saturated carbocycles. The lowest BCUT2D eigenvalue weighted by Crippen LogP contribution is -2.45. The number of hydrogen-bond acceptors (Lipinski definition) is 3. The van der Waals surface area contributed by atoms with Gasteiger partial charge in [-0.15, -0.1) is 0 Å². The summed E-state index contributed by atoms with van der Waals surface area (Å²) in [7, 11) is 0. The first kappa shape index (κ1) is 16.0. The molecule has 0 unspecified atom stereocenters. The Kier molecular flexibility index (Phi) is 3.49. The Hall–Kier alpha value is -2.17. The number of rotatable bonds is 1. The molecule has 5 rings (SSSR count). The highest BCUT2D eigenvalue weighted by molar-refractivity contribution is 6.07. The molecule has 1 saturated heterocycles. The molecule has 2 aromatic rings. The summed E-state index contributed by atoms with van der Waals surface area (Å²) in [4.78, 5) is 13.0. The Labute approximate surface area is 153 Å². The van der Waals surface area contributed by atoms with Gasteiger partial charge < -0.3 is 14.8 Å². The Bertz CT molecular complexity index is 858. The number of carbonyl (C=O) groups excluding carboxylic acids is 1. The Morgan fingerprint density at radius 2 is 1.62 bits per heavy atom. The predicted molar refractivity (Wildman–Crippen MR) is 100 cm³/mol. The molecule has 0 radical (unpaired) electrons. The maximum absolute atomic E-state index is 13.0. The van der Waals surface area contributed by atoms with Crippen LogP contribution in [0, 0.1) is 6.92 Å². The molecular formula is C22H23NO3. The van der Waals surface area contributed by atoms with Crippen molar-refractivity contribution in [3.8, 4) is 11.1 Å². The number of benzene rings is 2. The number of fused-ring (bicyclic) bond motifs is 2. The van der Waals surface area contributed by atoms with Gasteiger partial charge in [-0.2, -0.15) is 0 Å². The van der Waals surface area contributed by atoms with Gasteiger partial charge in [-0.05, 0) is 48.1 Å². The molecule has 2 aromatic carbocycles. The van der Waals surface area contributed by atoms with Crippen LogP contribution in [0.25, 0.3) is 11.1 Å². The van der Waals surface area contributed by atoms with Crippen molar-refractivity contribution in [2.75, 3.05) is 18.5 Å². The van der Waals surface area contributed by atoms with Crippen LogP contribution in [0.1, 0.15) is 36.8 Å². The number of amides is 1. The monoisotopic (exact) mass is 349 g/mol. The van der Waals surface area contributed by atoms with Gasteiger partial charge in [0.15, 0.2) is 5.79 Å². The van der Waals surface area contributed by atoms with Gasteiger partial charge in [-0.3, -0.25) is 4.79 Å². The molecule has 2 fully saturated rings. The number of carbonyl (C=O) groups is 1. The zero-order valence-corrected chi connectivity index (χ0v) is 15.0. The van der Waals surface area contributed by atoms with Crippen molar-refractivity contribution >= 4 is 11.6 Å². The van der Waals surface area contributed by atoms with E-state index in [-0.39, 0.29) is 5.91 Å². The van der Waals surface area contributed by atoms with Gasteiger partial charge in [0.2, 0.25) is 5.91 Å². The number of anilines is 1. The Morgan fingerprint density at radius 3 is 2.31 bits per heavy atom. The summed E-state index contributed by atoms with van der Waals surface area (Å²) in [6, 6.07) is 14.6. The number of ether oxygens (including phenoxy) is 2. The molecule has 2 heterocycles. The van der Waals surface area contributed by atoms with Crippen LogP contribution in [0.4, 0.5) is 5.69 Å². The third kappa shape index (κ3) is 2.19. The molecule has 134 valence electrons. The molecule has 4 heteroatoms. The summed E-state index contributed by atoms with van der Waals surface area (Å²) in [5.74, 6) is -0.326. The molecule has 3 aliphatic rings. The lowest BCUT2D eigenvalue weighted by molar-refractivity contribution is -0.185. The van der Waals surface area contributed by atoms with Crippen LogP contribution < -0.4 is 5.32 Å². The summed E-state index contributed by atoms with van der Waals surface area (Å²) in [5.41, 5.74) is 5.29. The van der Waals surface area contributed by atoms with Crippen molar-refractivity contribution < 1.29 is 14.3 Å². The van der Waals surface area contributed by atoms with Crippen LogP contribution in [0.3, 0.4) is 0 Å². The van der Waals surface area contributed by atoms with Gasteiger partial charge in [-0.1, -0.05) is 36.4 Å². The first-order chi connectivity index (χ1) is 12.6. The summed E-state index contributed by atoms with van der Waals surface area (Å²) < 4.78 is 11.8. The van der Waals surface area contributed by atoms with Crippen LogP contribution in [0.2, 0.25) is 0 Å². The zero-order valence-electron chi connectivity index (χ0n) is 15.0. The third-order valence-corrected chi connectivity index (χ3v) is 6.39. The van der Waals surface area contributed by atoms with E-state index in [1.807, 2.05) is 6.07 Å². The minimum atomic E-state index is -0.459. The second-order valence-corrected chi connectivity index (χ2v) is 7.67. The molecular weight excluding hydrogens is 326 g/mol. The van der Waals surface area contributed by atoms with Crippen molar-refractivity contribution in [3.05, 3.63) is 53.6 Å². The normalized spacial score (nSPS) is 22.6. The quantitative estimate of drug-likeness (QED) is 0.841. The van der Waals surface area contributed by atoms with Crippen LogP contribution in [-0.4, -0.2) is 24.9 Å².